The molecule has 0 saturated carbocycles. The quantitative estimate of drug-likeness (QED) is 0.458. The average Bonchev–Trinajstić information content (AvgIpc) is 3.01. The van der Waals surface area contributed by atoms with E-state index in [0.717, 1.165) is 22.6 Å². The second kappa shape index (κ2) is 9.16. The molecule has 1 aliphatic heterocycles. The van der Waals surface area contributed by atoms with Gasteiger partial charge in [0, 0.05) is 23.8 Å². The van der Waals surface area contributed by atoms with Gasteiger partial charge < -0.3 is 14.0 Å². The maximum atomic E-state index is 9.17. The highest BCUT2D eigenvalue weighted by Crippen LogP contribution is 2.42. The Morgan fingerprint density at radius 3 is 2.68 bits per heavy atom. The minimum absolute atomic E-state index is 0.235. The predicted octanol–water partition coefficient (Wildman–Crippen LogP) is 6.07. The number of alkyl halides is 1. The number of aromatic nitrogens is 1. The molecule has 2 aromatic rings. The normalized spacial score (nSPS) is 16.9. The van der Waals surface area contributed by atoms with Crippen molar-refractivity contribution in [3.63, 3.8) is 0 Å². The highest BCUT2D eigenvalue weighted by atomic mass is 35.5. The highest BCUT2D eigenvalue weighted by molar-refractivity contribution is 6.18. The van der Waals surface area contributed by atoms with Crippen molar-refractivity contribution in [2.24, 2.45) is 0 Å². The number of rotatable bonds is 4. The summed E-state index contributed by atoms with van der Waals surface area (Å²) in [5.74, 6) is 2.90. The van der Waals surface area contributed by atoms with Crippen LogP contribution in [0.1, 0.15) is 68.6 Å². The number of halogens is 1. The molecule has 1 aromatic heterocycles. The summed E-state index contributed by atoms with van der Waals surface area (Å²) >= 11 is 5.07. The lowest BCUT2D eigenvalue weighted by Crippen LogP contribution is -2.36. The van der Waals surface area contributed by atoms with Gasteiger partial charge in [-0.05, 0) is 44.1 Å². The van der Waals surface area contributed by atoms with Crippen LogP contribution in [0.5, 0.6) is 11.6 Å². The van der Waals surface area contributed by atoms with Crippen molar-refractivity contribution in [2.75, 3.05) is 5.88 Å². The third-order valence-electron chi connectivity index (χ3n) is 4.35. The molecule has 0 fully saturated rings. The van der Waals surface area contributed by atoms with Crippen LogP contribution >= 0.6 is 11.6 Å². The van der Waals surface area contributed by atoms with Crippen LogP contribution in [0.25, 0.3) is 0 Å². The Bertz CT molecular complexity index is 865. The first kappa shape index (κ1) is 21.8. The van der Waals surface area contributed by atoms with Crippen molar-refractivity contribution in [2.45, 2.75) is 58.7 Å². The number of ether oxygens (including phenoxy) is 2. The summed E-state index contributed by atoms with van der Waals surface area (Å²) < 4.78 is 17.6. The largest absolute Gasteiger partial charge is 0.487 e. The van der Waals surface area contributed by atoms with E-state index in [1.165, 1.54) is 0 Å². The number of hydrogen-bond acceptors (Lipinski definition) is 5. The number of benzene rings is 1. The van der Waals surface area contributed by atoms with Gasteiger partial charge >= 0.3 is 0 Å². The Labute approximate surface area is 171 Å². The van der Waals surface area contributed by atoms with Crippen molar-refractivity contribution in [1.29, 1.82) is 5.26 Å². The number of nitrogens with zero attached hydrogens (tertiary/aromatic N) is 2. The molecule has 0 radical (unpaired) electrons. The SMILES string of the molecule is C=CCCl.Cc1c(O[C@H]2CC(C)(C)Oc3ccc(C#N)cc32)noc1C(C)C. The monoisotopic (exact) mass is 402 g/mol. The topological polar surface area (TPSA) is 68.3 Å². The van der Waals surface area contributed by atoms with E-state index in [0.29, 0.717) is 23.7 Å². The fourth-order valence-electron chi connectivity index (χ4n) is 3.08. The maximum Gasteiger partial charge on any atom is 0.257 e. The van der Waals surface area contributed by atoms with E-state index in [-0.39, 0.29) is 17.6 Å². The Kier molecular flexibility index (Phi) is 7.15. The van der Waals surface area contributed by atoms with Gasteiger partial charge in [0.15, 0.2) is 0 Å². The van der Waals surface area contributed by atoms with Crippen LogP contribution in [0.15, 0.2) is 35.4 Å². The smallest absolute Gasteiger partial charge is 0.257 e. The van der Waals surface area contributed by atoms with E-state index >= 15 is 0 Å². The van der Waals surface area contributed by atoms with Crippen LogP contribution in [0.4, 0.5) is 0 Å². The molecule has 3 rings (SSSR count). The Morgan fingerprint density at radius 1 is 1.46 bits per heavy atom. The fourth-order valence-corrected chi connectivity index (χ4v) is 3.08. The van der Waals surface area contributed by atoms with Crippen LogP contribution in [-0.4, -0.2) is 16.6 Å². The maximum absolute atomic E-state index is 9.17. The molecule has 6 heteroatoms. The van der Waals surface area contributed by atoms with E-state index in [4.69, 9.17) is 30.9 Å². The standard InChI is InChI=1S/C19H22N2O3.C3H5Cl/c1-11(2)17-12(3)18(21-24-17)22-16-9-19(4,5)23-15-7-6-13(10-20)8-14(15)16;1-2-3-4/h6-8,11,16H,9H2,1-5H3;2H,1,3H2/t16-;/m0./s1. The van der Waals surface area contributed by atoms with Crippen LogP contribution in [-0.2, 0) is 0 Å². The molecule has 0 spiro atoms. The van der Waals surface area contributed by atoms with Crippen LogP contribution < -0.4 is 9.47 Å². The molecule has 150 valence electrons. The number of fused-ring (bicyclic) bond motifs is 1. The van der Waals surface area contributed by atoms with E-state index in [1.807, 2.05) is 32.9 Å². The molecule has 1 aliphatic rings. The first-order valence-electron chi connectivity index (χ1n) is 9.25. The predicted molar refractivity (Wildman–Crippen MR) is 110 cm³/mol. The molecule has 0 unspecified atom stereocenters. The molecular weight excluding hydrogens is 376 g/mol. The van der Waals surface area contributed by atoms with Gasteiger partial charge in [-0.1, -0.05) is 19.9 Å². The summed E-state index contributed by atoms with van der Waals surface area (Å²) in [6.45, 7) is 13.5. The van der Waals surface area contributed by atoms with Gasteiger partial charge in [0.1, 0.15) is 23.2 Å². The second-order valence-corrected chi connectivity index (χ2v) is 7.92. The summed E-state index contributed by atoms with van der Waals surface area (Å²) in [6.07, 6.45) is 2.07. The Morgan fingerprint density at radius 2 is 2.14 bits per heavy atom. The lowest BCUT2D eigenvalue weighted by atomic mass is 9.90. The Balaban J connectivity index is 0.000000640. The van der Waals surface area contributed by atoms with Gasteiger partial charge in [-0.2, -0.15) is 5.26 Å². The van der Waals surface area contributed by atoms with E-state index in [9.17, 15) is 0 Å². The Hall–Kier alpha value is -2.45. The van der Waals surface area contributed by atoms with Crippen LogP contribution in [0.3, 0.4) is 0 Å². The molecule has 1 aromatic carbocycles. The van der Waals surface area contributed by atoms with Crippen LogP contribution in [0, 0.1) is 18.3 Å². The zero-order valence-electron chi connectivity index (χ0n) is 17.1. The summed E-state index contributed by atoms with van der Waals surface area (Å²) in [4.78, 5) is 0. The molecule has 0 saturated heterocycles. The van der Waals surface area contributed by atoms with Crippen molar-refractivity contribution in [3.05, 3.63) is 53.3 Å². The number of allylic oxidation sites excluding steroid dienone is 1. The lowest BCUT2D eigenvalue weighted by Gasteiger charge is -2.37. The molecular formula is C22H27ClN2O3. The molecule has 28 heavy (non-hydrogen) atoms. The van der Waals surface area contributed by atoms with Crippen molar-refractivity contribution >= 4 is 11.6 Å². The molecule has 0 amide bonds. The lowest BCUT2D eigenvalue weighted by molar-refractivity contribution is 0.0189. The summed E-state index contributed by atoms with van der Waals surface area (Å²) in [7, 11) is 0. The molecule has 5 nitrogen and oxygen atoms in total. The minimum atomic E-state index is -0.357. The number of hydrogen-bond donors (Lipinski definition) is 0. The van der Waals surface area contributed by atoms with Gasteiger partial charge in [-0.25, -0.2) is 0 Å². The summed E-state index contributed by atoms with van der Waals surface area (Å²) in [5, 5.41) is 13.3. The molecule has 0 aliphatic carbocycles. The van der Waals surface area contributed by atoms with Gasteiger partial charge in [0.05, 0.1) is 17.2 Å². The summed E-state index contributed by atoms with van der Waals surface area (Å²) in [6, 6.07) is 7.59. The van der Waals surface area contributed by atoms with Crippen LogP contribution in [0.2, 0.25) is 0 Å². The van der Waals surface area contributed by atoms with E-state index < -0.39 is 0 Å². The van der Waals surface area contributed by atoms with Gasteiger partial charge in [0.25, 0.3) is 5.88 Å². The minimum Gasteiger partial charge on any atom is -0.487 e. The molecule has 0 bridgehead atoms. The second-order valence-electron chi connectivity index (χ2n) is 7.61. The zero-order chi connectivity index (χ0) is 20.9. The first-order chi connectivity index (χ1) is 13.2. The van der Waals surface area contributed by atoms with Crippen molar-refractivity contribution in [1.82, 2.24) is 5.16 Å². The van der Waals surface area contributed by atoms with E-state index in [1.54, 1.807) is 12.1 Å². The van der Waals surface area contributed by atoms with Crippen molar-refractivity contribution in [3.8, 4) is 17.7 Å². The molecule has 1 atom stereocenters. The fraction of sp³-hybridized carbons (Fsp3) is 0.455. The van der Waals surface area contributed by atoms with Gasteiger partial charge in [-0.3, -0.25) is 0 Å². The highest BCUT2D eigenvalue weighted by Gasteiger charge is 2.36. The number of nitriles is 1. The zero-order valence-corrected chi connectivity index (χ0v) is 17.8. The average molecular weight is 403 g/mol. The first-order valence-corrected chi connectivity index (χ1v) is 9.78. The molecule has 0 N–H and O–H groups in total. The van der Waals surface area contributed by atoms with Crippen molar-refractivity contribution < 1.29 is 14.0 Å². The van der Waals surface area contributed by atoms with Gasteiger partial charge in [0.2, 0.25) is 0 Å². The van der Waals surface area contributed by atoms with Gasteiger partial charge in [-0.15, -0.1) is 18.2 Å². The third-order valence-corrected chi connectivity index (χ3v) is 4.57. The van der Waals surface area contributed by atoms with E-state index in [2.05, 4.69) is 31.7 Å². The molecule has 2 heterocycles. The third kappa shape index (κ3) is 5.08. The summed E-state index contributed by atoms with van der Waals surface area (Å²) in [5.41, 5.74) is 2.03.